The van der Waals surface area contributed by atoms with E-state index < -0.39 is 0 Å². The number of hydrogen-bond donors (Lipinski definition) is 3. The van der Waals surface area contributed by atoms with Crippen LogP contribution >= 0.6 is 0 Å². The summed E-state index contributed by atoms with van der Waals surface area (Å²) < 4.78 is 0. The van der Waals surface area contributed by atoms with Crippen molar-refractivity contribution in [3.05, 3.63) is 0 Å². The first kappa shape index (κ1) is 10.9. The van der Waals surface area contributed by atoms with Crippen molar-refractivity contribution in [2.45, 2.75) is 25.9 Å². The van der Waals surface area contributed by atoms with Gasteiger partial charge in [-0.05, 0) is 27.9 Å². The van der Waals surface area contributed by atoms with Crippen LogP contribution in [0, 0.1) is 0 Å². The largest absolute Gasteiger partial charge is 0.318 e. The Balaban J connectivity index is 3.32. The summed E-state index contributed by atoms with van der Waals surface area (Å²) in [4.78, 5) is 0. The quantitative estimate of drug-likeness (QED) is 0.502. The second kappa shape index (κ2) is 6.58. The molecule has 2 atom stereocenters. The van der Waals surface area contributed by atoms with Gasteiger partial charge in [-0.3, -0.25) is 0 Å². The van der Waals surface area contributed by atoms with E-state index in [2.05, 4.69) is 29.8 Å². The lowest BCUT2D eigenvalue weighted by molar-refractivity contribution is 0.443. The van der Waals surface area contributed by atoms with Gasteiger partial charge in [0, 0.05) is 25.2 Å². The number of nitrogens with one attached hydrogen (secondary N) is 3. The molecule has 0 spiro atoms. The molecular formula is C8H21N3. The highest BCUT2D eigenvalue weighted by atomic mass is 15.0. The fraction of sp³-hybridized carbons (Fsp3) is 1.00. The molecule has 0 aromatic rings. The number of likely N-dealkylation sites (N-methyl/N-ethyl adjacent to an activating group) is 2. The van der Waals surface area contributed by atoms with Crippen LogP contribution in [-0.4, -0.2) is 39.3 Å². The molecule has 3 N–H and O–H groups in total. The highest BCUT2D eigenvalue weighted by Crippen LogP contribution is 1.83. The third-order valence-corrected chi connectivity index (χ3v) is 1.59. The Morgan fingerprint density at radius 2 is 1.27 bits per heavy atom. The van der Waals surface area contributed by atoms with Crippen LogP contribution in [0.4, 0.5) is 0 Å². The van der Waals surface area contributed by atoms with Gasteiger partial charge in [-0.25, -0.2) is 0 Å². The minimum Gasteiger partial charge on any atom is -0.318 e. The molecule has 0 aromatic carbocycles. The van der Waals surface area contributed by atoms with Crippen LogP contribution in [0.2, 0.25) is 0 Å². The average molecular weight is 159 g/mol. The molecule has 0 amide bonds. The molecule has 0 bridgehead atoms. The molecule has 0 aliphatic heterocycles. The summed E-state index contributed by atoms with van der Waals surface area (Å²) in [6.07, 6.45) is 0. The third kappa shape index (κ3) is 6.28. The van der Waals surface area contributed by atoms with Crippen LogP contribution in [0.15, 0.2) is 0 Å². The zero-order valence-electron chi connectivity index (χ0n) is 8.07. The van der Waals surface area contributed by atoms with Crippen molar-refractivity contribution in [1.29, 1.82) is 0 Å². The summed E-state index contributed by atoms with van der Waals surface area (Å²) in [5, 5.41) is 9.72. The Hall–Kier alpha value is -0.120. The third-order valence-electron chi connectivity index (χ3n) is 1.59. The van der Waals surface area contributed by atoms with Crippen molar-refractivity contribution < 1.29 is 0 Å². The molecule has 2 unspecified atom stereocenters. The van der Waals surface area contributed by atoms with Crippen LogP contribution in [0.25, 0.3) is 0 Å². The standard InChI is InChI=1S/C8H21N3/c1-7(5-9-3)11-8(2)6-10-4/h7-11H,5-6H2,1-4H3. The van der Waals surface area contributed by atoms with Crippen molar-refractivity contribution in [2.75, 3.05) is 27.2 Å². The Kier molecular flexibility index (Phi) is 6.51. The van der Waals surface area contributed by atoms with E-state index in [4.69, 9.17) is 0 Å². The molecule has 0 fully saturated rings. The minimum absolute atomic E-state index is 0.545. The zero-order valence-corrected chi connectivity index (χ0v) is 8.07. The van der Waals surface area contributed by atoms with E-state index in [0.717, 1.165) is 13.1 Å². The van der Waals surface area contributed by atoms with Gasteiger partial charge in [-0.15, -0.1) is 0 Å². The molecule has 0 rings (SSSR count). The maximum atomic E-state index is 3.46. The summed E-state index contributed by atoms with van der Waals surface area (Å²) in [7, 11) is 3.95. The first-order valence-electron chi connectivity index (χ1n) is 4.26. The van der Waals surface area contributed by atoms with Gasteiger partial charge >= 0.3 is 0 Å². The van der Waals surface area contributed by atoms with E-state index in [-0.39, 0.29) is 0 Å². The highest BCUT2D eigenvalue weighted by Gasteiger charge is 2.03. The summed E-state index contributed by atoms with van der Waals surface area (Å²) in [5.74, 6) is 0. The van der Waals surface area contributed by atoms with Crippen LogP contribution in [-0.2, 0) is 0 Å². The summed E-state index contributed by atoms with van der Waals surface area (Å²) in [5.41, 5.74) is 0. The van der Waals surface area contributed by atoms with Gasteiger partial charge in [0.25, 0.3) is 0 Å². The lowest BCUT2D eigenvalue weighted by Gasteiger charge is -2.19. The van der Waals surface area contributed by atoms with Crippen molar-refractivity contribution in [3.63, 3.8) is 0 Å². The summed E-state index contributed by atoms with van der Waals surface area (Å²) in [6.45, 7) is 6.41. The van der Waals surface area contributed by atoms with E-state index in [0.29, 0.717) is 12.1 Å². The smallest absolute Gasteiger partial charge is 0.0167 e. The van der Waals surface area contributed by atoms with E-state index in [1.165, 1.54) is 0 Å². The maximum absolute atomic E-state index is 3.46. The average Bonchev–Trinajstić information content (AvgIpc) is 1.87. The van der Waals surface area contributed by atoms with Crippen LogP contribution in [0.3, 0.4) is 0 Å². The predicted molar refractivity (Wildman–Crippen MR) is 49.9 cm³/mol. The Morgan fingerprint density at radius 3 is 1.55 bits per heavy atom. The van der Waals surface area contributed by atoms with Crippen molar-refractivity contribution in [1.82, 2.24) is 16.0 Å². The van der Waals surface area contributed by atoms with Gasteiger partial charge in [0.2, 0.25) is 0 Å². The fourth-order valence-electron chi connectivity index (χ4n) is 1.22. The molecule has 3 heteroatoms. The van der Waals surface area contributed by atoms with Crippen molar-refractivity contribution >= 4 is 0 Å². The molecule has 0 saturated carbocycles. The number of rotatable bonds is 6. The van der Waals surface area contributed by atoms with E-state index >= 15 is 0 Å². The second-order valence-electron chi connectivity index (χ2n) is 3.08. The molecule has 3 nitrogen and oxygen atoms in total. The van der Waals surface area contributed by atoms with Gasteiger partial charge in [-0.2, -0.15) is 0 Å². The van der Waals surface area contributed by atoms with Gasteiger partial charge in [-0.1, -0.05) is 0 Å². The second-order valence-corrected chi connectivity index (χ2v) is 3.08. The zero-order chi connectivity index (χ0) is 8.69. The Bertz CT molecular complexity index is 75.4. The van der Waals surface area contributed by atoms with Gasteiger partial charge in [0.1, 0.15) is 0 Å². The van der Waals surface area contributed by atoms with Gasteiger partial charge < -0.3 is 16.0 Å². The lowest BCUT2D eigenvalue weighted by Crippen LogP contribution is -2.44. The van der Waals surface area contributed by atoms with Gasteiger partial charge in [0.05, 0.1) is 0 Å². The van der Waals surface area contributed by atoms with E-state index in [1.807, 2.05) is 14.1 Å². The Labute approximate surface area is 69.9 Å². The molecule has 0 heterocycles. The van der Waals surface area contributed by atoms with Crippen LogP contribution in [0.5, 0.6) is 0 Å². The van der Waals surface area contributed by atoms with E-state index in [9.17, 15) is 0 Å². The molecule has 11 heavy (non-hydrogen) atoms. The fourth-order valence-corrected chi connectivity index (χ4v) is 1.22. The SMILES string of the molecule is CNCC(C)NC(C)CNC. The van der Waals surface area contributed by atoms with Crippen LogP contribution < -0.4 is 16.0 Å². The summed E-state index contributed by atoms with van der Waals surface area (Å²) in [6, 6.07) is 1.09. The van der Waals surface area contributed by atoms with E-state index in [1.54, 1.807) is 0 Å². The number of hydrogen-bond acceptors (Lipinski definition) is 3. The van der Waals surface area contributed by atoms with Crippen molar-refractivity contribution in [2.24, 2.45) is 0 Å². The first-order valence-corrected chi connectivity index (χ1v) is 4.26. The van der Waals surface area contributed by atoms with Crippen molar-refractivity contribution in [3.8, 4) is 0 Å². The molecular weight excluding hydrogens is 138 g/mol. The monoisotopic (exact) mass is 159 g/mol. The molecule has 0 aromatic heterocycles. The normalized spacial score (nSPS) is 16.4. The van der Waals surface area contributed by atoms with Gasteiger partial charge in [0.15, 0.2) is 0 Å². The minimum atomic E-state index is 0.545. The molecule has 0 radical (unpaired) electrons. The summed E-state index contributed by atoms with van der Waals surface area (Å²) >= 11 is 0. The molecule has 68 valence electrons. The molecule has 0 aliphatic rings. The predicted octanol–water partition coefficient (Wildman–Crippen LogP) is -0.208. The Morgan fingerprint density at radius 1 is 0.909 bits per heavy atom. The first-order chi connectivity index (χ1) is 5.20. The highest BCUT2D eigenvalue weighted by molar-refractivity contribution is 4.69. The molecule has 0 aliphatic carbocycles. The topological polar surface area (TPSA) is 36.1 Å². The maximum Gasteiger partial charge on any atom is 0.0167 e. The van der Waals surface area contributed by atoms with Crippen LogP contribution in [0.1, 0.15) is 13.8 Å². The lowest BCUT2D eigenvalue weighted by atomic mass is 10.2. The molecule has 0 saturated heterocycles.